The fraction of sp³-hybridized carbons (Fsp3) is 0.421. The Labute approximate surface area is 320 Å². The number of rotatable bonds is 8. The summed E-state index contributed by atoms with van der Waals surface area (Å²) < 4.78 is 83.3. The fourth-order valence-electron chi connectivity index (χ4n) is 6.27. The molecule has 2 aliphatic heterocycles. The summed E-state index contributed by atoms with van der Waals surface area (Å²) in [5, 5.41) is 8.79. The Hall–Kier alpha value is -5.62. The highest BCUT2D eigenvalue weighted by molar-refractivity contribution is 5.45. The highest BCUT2D eigenvalue weighted by Crippen LogP contribution is 2.28. The third kappa shape index (κ3) is 9.08. The molecule has 56 heavy (non-hydrogen) atoms. The Morgan fingerprint density at radius 2 is 1.18 bits per heavy atom. The van der Waals surface area contributed by atoms with E-state index in [9.17, 15) is 27.2 Å². The smallest absolute Gasteiger partial charge is 0.317 e. The van der Waals surface area contributed by atoms with Crippen molar-refractivity contribution in [3.05, 3.63) is 116 Å². The lowest BCUT2D eigenvalue weighted by Crippen LogP contribution is -2.25. The molecule has 4 aromatic heterocycles. The molecule has 0 bridgehead atoms. The first kappa shape index (κ1) is 40.1. The number of hydrogen-bond donors (Lipinski definition) is 0. The first-order valence-corrected chi connectivity index (χ1v) is 17.4. The van der Waals surface area contributed by atoms with Crippen molar-refractivity contribution in [3.63, 3.8) is 0 Å². The number of fused-ring (bicyclic) bond motifs is 2. The van der Waals surface area contributed by atoms with Gasteiger partial charge in [0, 0.05) is 52.4 Å². The number of alkyl halides is 1. The van der Waals surface area contributed by atoms with Crippen molar-refractivity contribution in [1.82, 2.24) is 38.3 Å². The van der Waals surface area contributed by atoms with Gasteiger partial charge in [0.15, 0.2) is 11.0 Å². The van der Waals surface area contributed by atoms with Gasteiger partial charge in [0.25, 0.3) is 11.1 Å². The normalized spacial score (nSPS) is 14.9. The van der Waals surface area contributed by atoms with Crippen LogP contribution in [0.4, 0.5) is 17.6 Å². The fourth-order valence-corrected chi connectivity index (χ4v) is 6.27. The molecule has 0 N–H and O–H groups in total. The monoisotopic (exact) mass is 785 g/mol. The quantitative estimate of drug-likeness (QED) is 0.183. The molecule has 2 aliphatic rings. The van der Waals surface area contributed by atoms with Crippen molar-refractivity contribution in [3.8, 4) is 12.0 Å². The highest BCUT2D eigenvalue weighted by atomic mass is 19.1. The first-order valence-electron chi connectivity index (χ1n) is 18.1. The highest BCUT2D eigenvalue weighted by Gasteiger charge is 2.27. The van der Waals surface area contributed by atoms with Gasteiger partial charge < -0.3 is 18.9 Å². The molecule has 2 saturated heterocycles. The second-order valence-electron chi connectivity index (χ2n) is 12.8. The van der Waals surface area contributed by atoms with Crippen LogP contribution in [-0.4, -0.2) is 71.9 Å². The molecule has 18 heteroatoms. The van der Waals surface area contributed by atoms with Crippen molar-refractivity contribution in [2.75, 3.05) is 33.6 Å². The average molecular weight is 786 g/mol. The average Bonchev–Trinajstić information content (AvgIpc) is 3.80. The molecule has 0 saturated carbocycles. The zero-order chi connectivity index (χ0) is 39.8. The van der Waals surface area contributed by atoms with Crippen LogP contribution in [0.15, 0.2) is 64.3 Å². The lowest BCUT2D eigenvalue weighted by atomic mass is 10.00. The topological polar surface area (TPSA) is 141 Å². The van der Waals surface area contributed by atoms with E-state index in [1.165, 1.54) is 40.4 Å². The number of imidazole rings is 2. The Morgan fingerprint density at radius 1 is 0.732 bits per heavy atom. The van der Waals surface area contributed by atoms with Crippen LogP contribution in [0.3, 0.4) is 0 Å². The number of halogens is 4. The van der Waals surface area contributed by atoms with E-state index in [1.807, 2.05) is 0 Å². The molecule has 14 nitrogen and oxygen atoms in total. The van der Waals surface area contributed by atoms with Gasteiger partial charge in [-0.25, -0.2) is 27.8 Å². The maximum atomic E-state index is 14.3. The van der Waals surface area contributed by atoms with Crippen LogP contribution in [-0.2, 0) is 36.8 Å². The van der Waals surface area contributed by atoms with Crippen molar-refractivity contribution in [1.29, 1.82) is 0 Å². The summed E-state index contributed by atoms with van der Waals surface area (Å²) in [6.07, 6.45) is 4.62. The third-order valence-corrected chi connectivity index (χ3v) is 9.31. The summed E-state index contributed by atoms with van der Waals surface area (Å²) in [7, 11) is 2.06. The molecular weight excluding hydrogens is 740 g/mol. The summed E-state index contributed by atoms with van der Waals surface area (Å²) in [4.78, 5) is 33.6. The van der Waals surface area contributed by atoms with Crippen LogP contribution in [0.2, 0.25) is 0 Å². The van der Waals surface area contributed by atoms with E-state index < -0.39 is 18.7 Å². The Bertz CT molecular complexity index is 2360. The van der Waals surface area contributed by atoms with Crippen LogP contribution in [0.25, 0.3) is 11.0 Å². The van der Waals surface area contributed by atoms with Gasteiger partial charge in [0.2, 0.25) is 5.95 Å². The van der Waals surface area contributed by atoms with Crippen LogP contribution < -0.4 is 20.6 Å². The van der Waals surface area contributed by atoms with Crippen LogP contribution in [0.1, 0.15) is 69.1 Å². The summed E-state index contributed by atoms with van der Waals surface area (Å²) >= 11 is 0. The number of ether oxygens (including phenoxy) is 4. The number of hydrogen-bond acceptors (Lipinski definition) is 10. The Balaban J connectivity index is 0.000000201. The predicted molar refractivity (Wildman–Crippen MR) is 197 cm³/mol. The van der Waals surface area contributed by atoms with Gasteiger partial charge in [-0.15, -0.1) is 10.2 Å². The second-order valence-corrected chi connectivity index (χ2v) is 12.8. The van der Waals surface area contributed by atoms with E-state index in [0.29, 0.717) is 56.2 Å². The molecule has 6 heterocycles. The molecule has 2 aromatic carbocycles. The molecule has 300 valence electrons. The Morgan fingerprint density at radius 3 is 1.68 bits per heavy atom. The molecule has 0 radical (unpaired) electrons. The molecule has 0 atom stereocenters. The largest absolute Gasteiger partial charge is 0.459 e. The molecule has 0 spiro atoms. The van der Waals surface area contributed by atoms with Gasteiger partial charge in [0.05, 0.1) is 14.7 Å². The summed E-state index contributed by atoms with van der Waals surface area (Å²) in [6, 6.07) is 12.0. The second kappa shape index (κ2) is 18.8. The summed E-state index contributed by atoms with van der Waals surface area (Å²) in [6.45, 7) is 2.75. The lowest BCUT2D eigenvalue weighted by Gasteiger charge is -2.20. The lowest BCUT2D eigenvalue weighted by molar-refractivity contribution is 0.0830. The number of benzene rings is 2. The molecular formula is C38H44F4N8O6. The molecule has 6 aromatic rings. The molecule has 0 aliphatic carbocycles. The van der Waals surface area contributed by atoms with Crippen molar-refractivity contribution in [2.24, 2.45) is 14.1 Å². The minimum absolute atomic E-state index is 0. The van der Waals surface area contributed by atoms with Crippen LogP contribution in [0, 0.1) is 17.6 Å². The van der Waals surface area contributed by atoms with Crippen molar-refractivity contribution >= 4 is 11.0 Å². The summed E-state index contributed by atoms with van der Waals surface area (Å²) in [5.74, 6) is -0.172. The third-order valence-electron chi connectivity index (χ3n) is 9.31. The number of nitrogens with zero attached hydrogens (tertiary/aromatic N) is 8. The van der Waals surface area contributed by atoms with Gasteiger partial charge in [-0.1, -0.05) is 31.7 Å². The van der Waals surface area contributed by atoms with E-state index in [0.717, 1.165) is 28.8 Å². The van der Waals surface area contributed by atoms with E-state index >= 15 is 0 Å². The zero-order valence-corrected chi connectivity index (χ0v) is 30.2. The van der Waals surface area contributed by atoms with E-state index in [2.05, 4.69) is 20.2 Å². The molecule has 0 unspecified atom stereocenters. The van der Waals surface area contributed by atoms with Gasteiger partial charge in [-0.05, 0) is 61.1 Å². The van der Waals surface area contributed by atoms with Gasteiger partial charge >= 0.3 is 12.0 Å². The SMILES string of the molecule is C.Cn1c(OCc2ccc(F)cc2)nn2c(C3CCOCC3)nc(F)c2c1=O.Cn1c(OCc2ccc(F)cc2)nn2c(C3CCOCC3)ncc2c1=O.[2H]CF. The van der Waals surface area contributed by atoms with E-state index in [-0.39, 0.29) is 67.2 Å². The van der Waals surface area contributed by atoms with Crippen LogP contribution in [0.5, 0.6) is 12.0 Å². The van der Waals surface area contributed by atoms with Crippen LogP contribution >= 0.6 is 0 Å². The minimum Gasteiger partial charge on any atom is -0.459 e. The van der Waals surface area contributed by atoms with Gasteiger partial charge in [-0.3, -0.25) is 23.1 Å². The molecule has 8 rings (SSSR count). The van der Waals surface area contributed by atoms with E-state index in [4.69, 9.17) is 20.3 Å². The van der Waals surface area contributed by atoms with E-state index in [1.54, 1.807) is 42.0 Å². The zero-order valence-electron chi connectivity index (χ0n) is 31.2. The summed E-state index contributed by atoms with van der Waals surface area (Å²) in [5.41, 5.74) is 0.918. The Kier molecular flexibility index (Phi) is 13.5. The van der Waals surface area contributed by atoms with Gasteiger partial charge in [0.1, 0.15) is 36.5 Å². The molecule has 2 fully saturated rings. The van der Waals surface area contributed by atoms with Crippen molar-refractivity contribution < 1.29 is 37.9 Å². The van der Waals surface area contributed by atoms with Gasteiger partial charge in [-0.2, -0.15) is 4.39 Å². The predicted octanol–water partition coefficient (Wildman–Crippen LogP) is 5.44. The number of aromatic nitrogens is 8. The maximum absolute atomic E-state index is 14.3. The minimum atomic E-state index is -1.00. The maximum Gasteiger partial charge on any atom is 0.317 e. The molecule has 0 amide bonds. The standard InChI is InChI=1S/C18H18F2N4O3.C18H19FN4O3.CH3F.CH4/c1-23-17(25)14-15(20)21-16(12-6-8-26-9-7-12)24(14)22-18(23)27-10-11-2-4-13(19)5-3-11;1-22-17(24)15-10-20-16(13-6-8-25-9-7-13)23(15)21-18(22)26-11-12-2-4-14(19)5-3-12;1-2;/h2-5,12H,6-10H2,1H3;2-5,10,13H,6-9,11H2,1H3;1H3;1H4/i;;1D;. The first-order chi connectivity index (χ1) is 27.1. The van der Waals surface area contributed by atoms with Crippen molar-refractivity contribution in [2.45, 2.75) is 58.2 Å².